The molecule has 0 aliphatic carbocycles. The number of fused-ring (bicyclic) bond motifs is 1. The highest BCUT2D eigenvalue weighted by Gasteiger charge is 2.34. The first-order valence-electron chi connectivity index (χ1n) is 6.37. The molecule has 0 radical (unpaired) electrons. The van der Waals surface area contributed by atoms with Crippen molar-refractivity contribution in [3.05, 3.63) is 58.7 Å². The van der Waals surface area contributed by atoms with E-state index in [4.69, 9.17) is 11.6 Å². The van der Waals surface area contributed by atoms with E-state index in [0.717, 1.165) is 0 Å². The average molecular weight is 319 g/mol. The molecule has 0 fully saturated rings. The molecule has 1 aromatic carbocycles. The van der Waals surface area contributed by atoms with Gasteiger partial charge in [0, 0.05) is 18.5 Å². The van der Waals surface area contributed by atoms with Crippen LogP contribution < -0.4 is 0 Å². The number of benzene rings is 1. The summed E-state index contributed by atoms with van der Waals surface area (Å²) in [4.78, 5) is 29.8. The standard InChI is InChI=1S/C15H11ClN2O2S/c16-12-6-3-7-17-13(12)21-9-8-18-14(19)10-4-1-2-5-11(10)15(18)20/h1-7H,8-9H2. The molecular formula is C15H11ClN2O2S. The number of imide groups is 1. The fourth-order valence-corrected chi connectivity index (χ4v) is 3.25. The molecule has 21 heavy (non-hydrogen) atoms. The lowest BCUT2D eigenvalue weighted by Crippen LogP contribution is -2.31. The topological polar surface area (TPSA) is 50.3 Å². The molecule has 3 rings (SSSR count). The second-order valence-corrected chi connectivity index (χ2v) is 5.94. The molecule has 106 valence electrons. The Morgan fingerprint density at radius 3 is 2.33 bits per heavy atom. The number of amides is 2. The summed E-state index contributed by atoms with van der Waals surface area (Å²) in [5, 5.41) is 1.28. The van der Waals surface area contributed by atoms with Crippen LogP contribution >= 0.6 is 23.4 Å². The zero-order valence-electron chi connectivity index (χ0n) is 11.0. The van der Waals surface area contributed by atoms with Gasteiger partial charge in [0.25, 0.3) is 11.8 Å². The summed E-state index contributed by atoms with van der Waals surface area (Å²) in [5.41, 5.74) is 0.951. The number of hydrogen-bond acceptors (Lipinski definition) is 4. The van der Waals surface area contributed by atoms with Gasteiger partial charge >= 0.3 is 0 Å². The number of pyridine rings is 1. The molecule has 0 spiro atoms. The van der Waals surface area contributed by atoms with Crippen molar-refractivity contribution in [2.24, 2.45) is 0 Å². The van der Waals surface area contributed by atoms with Crippen LogP contribution in [0.25, 0.3) is 0 Å². The van der Waals surface area contributed by atoms with Gasteiger partial charge in [-0.2, -0.15) is 0 Å². The first-order chi connectivity index (χ1) is 10.2. The van der Waals surface area contributed by atoms with Gasteiger partial charge in [-0.15, -0.1) is 11.8 Å². The molecule has 6 heteroatoms. The van der Waals surface area contributed by atoms with Gasteiger partial charge in [0.2, 0.25) is 0 Å². The Kier molecular flexibility index (Phi) is 3.94. The van der Waals surface area contributed by atoms with Crippen LogP contribution in [0.5, 0.6) is 0 Å². The van der Waals surface area contributed by atoms with Gasteiger partial charge in [-0.25, -0.2) is 4.98 Å². The largest absolute Gasteiger partial charge is 0.273 e. The van der Waals surface area contributed by atoms with E-state index < -0.39 is 0 Å². The maximum absolute atomic E-state index is 12.2. The van der Waals surface area contributed by atoms with Crippen molar-refractivity contribution in [2.75, 3.05) is 12.3 Å². The Labute approximate surface area is 131 Å². The van der Waals surface area contributed by atoms with E-state index in [1.54, 1.807) is 42.6 Å². The molecule has 0 bridgehead atoms. The minimum atomic E-state index is -0.233. The summed E-state index contributed by atoms with van der Waals surface area (Å²) in [5.74, 6) is 0.0917. The van der Waals surface area contributed by atoms with Gasteiger partial charge in [0.05, 0.1) is 16.1 Å². The van der Waals surface area contributed by atoms with Crippen LogP contribution in [0.3, 0.4) is 0 Å². The summed E-state index contributed by atoms with van der Waals surface area (Å²) in [7, 11) is 0. The molecular weight excluding hydrogens is 308 g/mol. The van der Waals surface area contributed by atoms with E-state index in [0.29, 0.717) is 33.5 Å². The highest BCUT2D eigenvalue weighted by Crippen LogP contribution is 2.26. The lowest BCUT2D eigenvalue weighted by Gasteiger charge is -2.13. The van der Waals surface area contributed by atoms with Crippen molar-refractivity contribution in [2.45, 2.75) is 5.03 Å². The highest BCUT2D eigenvalue weighted by molar-refractivity contribution is 7.99. The van der Waals surface area contributed by atoms with Crippen molar-refractivity contribution in [3.63, 3.8) is 0 Å². The Morgan fingerprint density at radius 2 is 1.71 bits per heavy atom. The smallest absolute Gasteiger partial charge is 0.261 e. The molecule has 1 aliphatic heterocycles. The van der Waals surface area contributed by atoms with Crippen molar-refractivity contribution in [1.29, 1.82) is 0 Å². The van der Waals surface area contributed by atoms with E-state index in [1.807, 2.05) is 0 Å². The molecule has 1 aromatic heterocycles. The van der Waals surface area contributed by atoms with Gasteiger partial charge in [-0.1, -0.05) is 23.7 Å². The van der Waals surface area contributed by atoms with Crippen LogP contribution in [0.2, 0.25) is 5.02 Å². The summed E-state index contributed by atoms with van der Waals surface area (Å²) >= 11 is 7.45. The Balaban J connectivity index is 1.66. The predicted molar refractivity (Wildman–Crippen MR) is 81.8 cm³/mol. The van der Waals surface area contributed by atoms with Crippen molar-refractivity contribution < 1.29 is 9.59 Å². The van der Waals surface area contributed by atoms with Crippen LogP contribution in [-0.2, 0) is 0 Å². The van der Waals surface area contributed by atoms with Gasteiger partial charge in [0.1, 0.15) is 5.03 Å². The number of aromatic nitrogens is 1. The molecule has 2 aromatic rings. The maximum Gasteiger partial charge on any atom is 0.261 e. The third kappa shape index (κ3) is 2.66. The van der Waals surface area contributed by atoms with Crippen molar-refractivity contribution in [3.8, 4) is 0 Å². The number of nitrogens with zero attached hydrogens (tertiary/aromatic N) is 2. The molecule has 0 N–H and O–H groups in total. The second kappa shape index (κ2) is 5.87. The molecule has 0 saturated heterocycles. The molecule has 0 unspecified atom stereocenters. The monoisotopic (exact) mass is 318 g/mol. The van der Waals surface area contributed by atoms with Crippen LogP contribution in [0, 0.1) is 0 Å². The van der Waals surface area contributed by atoms with Gasteiger partial charge < -0.3 is 0 Å². The minimum Gasteiger partial charge on any atom is -0.273 e. The van der Waals surface area contributed by atoms with E-state index in [-0.39, 0.29) is 11.8 Å². The lowest BCUT2D eigenvalue weighted by molar-refractivity contribution is 0.0664. The molecule has 1 aliphatic rings. The highest BCUT2D eigenvalue weighted by atomic mass is 35.5. The van der Waals surface area contributed by atoms with Gasteiger partial charge in [0.15, 0.2) is 0 Å². The second-order valence-electron chi connectivity index (χ2n) is 4.45. The van der Waals surface area contributed by atoms with Crippen LogP contribution in [0.15, 0.2) is 47.6 Å². The SMILES string of the molecule is O=C1c2ccccc2C(=O)N1CCSc1ncccc1Cl. The third-order valence-electron chi connectivity index (χ3n) is 3.16. The van der Waals surface area contributed by atoms with Gasteiger partial charge in [-0.05, 0) is 24.3 Å². The lowest BCUT2D eigenvalue weighted by atomic mass is 10.1. The summed E-state index contributed by atoms with van der Waals surface area (Å²) in [6.45, 7) is 0.337. The zero-order valence-corrected chi connectivity index (χ0v) is 12.5. The van der Waals surface area contributed by atoms with E-state index in [2.05, 4.69) is 4.98 Å². The molecule has 0 saturated carbocycles. The van der Waals surface area contributed by atoms with Crippen molar-refractivity contribution >= 4 is 35.2 Å². The Bertz CT molecular complexity index is 685. The number of hydrogen-bond donors (Lipinski definition) is 0. The van der Waals surface area contributed by atoms with Crippen LogP contribution in [0.1, 0.15) is 20.7 Å². The van der Waals surface area contributed by atoms with E-state index >= 15 is 0 Å². The zero-order chi connectivity index (χ0) is 14.8. The molecule has 0 atom stereocenters. The number of carbonyl (C=O) groups excluding carboxylic acids is 2. The summed E-state index contributed by atoms with van der Waals surface area (Å²) < 4.78 is 0. The van der Waals surface area contributed by atoms with Crippen molar-refractivity contribution in [1.82, 2.24) is 9.88 Å². The molecule has 2 amide bonds. The number of thioether (sulfide) groups is 1. The number of halogens is 1. The first-order valence-corrected chi connectivity index (χ1v) is 7.73. The number of rotatable bonds is 4. The fraction of sp³-hybridized carbons (Fsp3) is 0.133. The van der Waals surface area contributed by atoms with Gasteiger partial charge in [-0.3, -0.25) is 14.5 Å². The van der Waals surface area contributed by atoms with Crippen LogP contribution in [0.4, 0.5) is 0 Å². The summed E-state index contributed by atoms with van der Waals surface area (Å²) in [6, 6.07) is 10.4. The van der Waals surface area contributed by atoms with E-state index in [1.165, 1.54) is 16.7 Å². The molecule has 2 heterocycles. The Morgan fingerprint density at radius 1 is 1.05 bits per heavy atom. The fourth-order valence-electron chi connectivity index (χ4n) is 2.15. The third-order valence-corrected chi connectivity index (χ3v) is 4.56. The minimum absolute atomic E-state index is 0.233. The predicted octanol–water partition coefficient (Wildman–Crippen LogP) is 3.12. The summed E-state index contributed by atoms with van der Waals surface area (Å²) in [6.07, 6.45) is 1.66. The normalized spacial score (nSPS) is 13.7. The van der Waals surface area contributed by atoms with Crippen LogP contribution in [-0.4, -0.2) is 34.0 Å². The van der Waals surface area contributed by atoms with E-state index in [9.17, 15) is 9.59 Å². The first kappa shape index (κ1) is 14.1. The quantitative estimate of drug-likeness (QED) is 0.642. The molecule has 4 nitrogen and oxygen atoms in total. The Hall–Kier alpha value is -1.85. The number of carbonyl (C=O) groups is 2. The average Bonchev–Trinajstić information content (AvgIpc) is 2.74. The maximum atomic E-state index is 12.2.